The maximum absolute atomic E-state index is 5.79. The molecule has 2 rings (SSSR count). The molecule has 0 radical (unpaired) electrons. The van der Waals surface area contributed by atoms with Gasteiger partial charge in [0.25, 0.3) is 0 Å². The summed E-state index contributed by atoms with van der Waals surface area (Å²) in [5, 5.41) is 9.06. The Kier molecular flexibility index (Phi) is 3.58. The van der Waals surface area contributed by atoms with Crippen molar-refractivity contribution in [1.82, 2.24) is 10.2 Å². The van der Waals surface area contributed by atoms with E-state index in [1.807, 2.05) is 13.8 Å². The van der Waals surface area contributed by atoms with E-state index in [2.05, 4.69) is 34.5 Å². The molecular weight excluding hydrogens is 238 g/mol. The van der Waals surface area contributed by atoms with Crippen molar-refractivity contribution >= 4 is 23.1 Å². The summed E-state index contributed by atoms with van der Waals surface area (Å²) in [5.74, 6) is 0. The predicted octanol–water partition coefficient (Wildman–Crippen LogP) is 3.02. The highest BCUT2D eigenvalue weighted by molar-refractivity contribution is 8.01. The van der Waals surface area contributed by atoms with Crippen LogP contribution in [-0.2, 0) is 0 Å². The van der Waals surface area contributed by atoms with E-state index in [-0.39, 0.29) is 6.04 Å². The van der Waals surface area contributed by atoms with E-state index in [9.17, 15) is 0 Å². The number of benzene rings is 1. The topological polar surface area (TPSA) is 51.8 Å². The van der Waals surface area contributed by atoms with E-state index in [0.29, 0.717) is 0 Å². The molecule has 1 aromatic heterocycles. The molecule has 1 aromatic carbocycles. The zero-order chi connectivity index (χ0) is 11.5. The van der Waals surface area contributed by atoms with Gasteiger partial charge < -0.3 is 5.73 Å². The quantitative estimate of drug-likeness (QED) is 0.911. The van der Waals surface area contributed by atoms with Crippen molar-refractivity contribution in [2.24, 2.45) is 5.73 Å². The molecule has 2 N–H and O–H groups in total. The van der Waals surface area contributed by atoms with Gasteiger partial charge in [0.05, 0.1) is 0 Å². The number of aryl methyl sites for hydroxylation is 1. The van der Waals surface area contributed by atoms with Crippen LogP contribution in [0.2, 0.25) is 0 Å². The third-order valence-electron chi connectivity index (χ3n) is 2.12. The Bertz CT molecular complexity index is 462. The second kappa shape index (κ2) is 4.95. The highest BCUT2D eigenvalue weighted by atomic mass is 32.2. The van der Waals surface area contributed by atoms with Gasteiger partial charge in [-0.25, -0.2) is 0 Å². The van der Waals surface area contributed by atoms with Crippen molar-refractivity contribution in [3.05, 3.63) is 34.8 Å². The monoisotopic (exact) mass is 251 g/mol. The molecule has 0 bridgehead atoms. The molecule has 0 aliphatic carbocycles. The lowest BCUT2D eigenvalue weighted by molar-refractivity contribution is 0.817. The van der Waals surface area contributed by atoms with E-state index < -0.39 is 0 Å². The van der Waals surface area contributed by atoms with Crippen molar-refractivity contribution in [3.8, 4) is 0 Å². The first-order chi connectivity index (χ1) is 7.65. The van der Waals surface area contributed by atoms with Gasteiger partial charge in [0, 0.05) is 10.9 Å². The van der Waals surface area contributed by atoms with Gasteiger partial charge in [-0.2, -0.15) is 0 Å². The Balaban J connectivity index is 2.11. The number of aromatic nitrogens is 2. The zero-order valence-corrected chi connectivity index (χ0v) is 10.8. The first kappa shape index (κ1) is 11.6. The van der Waals surface area contributed by atoms with Crippen molar-refractivity contribution in [2.45, 2.75) is 29.1 Å². The van der Waals surface area contributed by atoms with Crippen LogP contribution in [0.4, 0.5) is 0 Å². The van der Waals surface area contributed by atoms with Crippen LogP contribution >= 0.6 is 23.1 Å². The summed E-state index contributed by atoms with van der Waals surface area (Å²) in [6, 6.07) is 8.34. The average Bonchev–Trinajstić information content (AvgIpc) is 2.65. The SMILES string of the molecule is Cc1nnc(Sc2ccc([C@H](C)N)cc2)s1. The minimum absolute atomic E-state index is 0.0859. The van der Waals surface area contributed by atoms with Crippen molar-refractivity contribution in [2.75, 3.05) is 0 Å². The van der Waals surface area contributed by atoms with Crippen molar-refractivity contribution in [1.29, 1.82) is 0 Å². The molecule has 1 heterocycles. The molecule has 0 unspecified atom stereocenters. The van der Waals surface area contributed by atoms with Crippen LogP contribution in [0.25, 0.3) is 0 Å². The molecule has 0 aliphatic heterocycles. The van der Waals surface area contributed by atoms with Gasteiger partial charge in [0.15, 0.2) is 4.34 Å². The summed E-state index contributed by atoms with van der Waals surface area (Å²) < 4.78 is 0.978. The Morgan fingerprint density at radius 2 is 1.94 bits per heavy atom. The predicted molar refractivity (Wildman–Crippen MR) is 67.8 cm³/mol. The Morgan fingerprint density at radius 3 is 2.44 bits per heavy atom. The number of hydrogen-bond acceptors (Lipinski definition) is 5. The molecule has 16 heavy (non-hydrogen) atoms. The maximum Gasteiger partial charge on any atom is 0.179 e. The Morgan fingerprint density at radius 1 is 1.25 bits per heavy atom. The Hall–Kier alpha value is -0.910. The second-order valence-electron chi connectivity index (χ2n) is 3.55. The number of nitrogens with two attached hydrogens (primary N) is 1. The normalized spacial score (nSPS) is 12.7. The average molecular weight is 251 g/mol. The van der Waals surface area contributed by atoms with Crippen LogP contribution < -0.4 is 5.73 Å². The summed E-state index contributed by atoms with van der Waals surface area (Å²) in [6.45, 7) is 3.94. The number of nitrogens with zero attached hydrogens (tertiary/aromatic N) is 2. The van der Waals surface area contributed by atoms with Crippen LogP contribution in [0.1, 0.15) is 23.5 Å². The molecule has 84 valence electrons. The van der Waals surface area contributed by atoms with E-state index in [1.165, 1.54) is 4.90 Å². The van der Waals surface area contributed by atoms with Gasteiger partial charge in [0.2, 0.25) is 0 Å². The van der Waals surface area contributed by atoms with Gasteiger partial charge >= 0.3 is 0 Å². The largest absolute Gasteiger partial charge is 0.324 e. The molecule has 1 atom stereocenters. The van der Waals surface area contributed by atoms with Gasteiger partial charge in [-0.1, -0.05) is 35.2 Å². The third kappa shape index (κ3) is 2.81. The fourth-order valence-corrected chi connectivity index (χ4v) is 3.05. The van der Waals surface area contributed by atoms with Gasteiger partial charge in [-0.15, -0.1) is 10.2 Å². The molecule has 2 aromatic rings. The second-order valence-corrected chi connectivity index (χ2v) is 6.05. The molecule has 0 aliphatic rings. The molecule has 0 spiro atoms. The molecular formula is C11H13N3S2. The van der Waals surface area contributed by atoms with Gasteiger partial charge in [-0.3, -0.25) is 0 Å². The number of hydrogen-bond donors (Lipinski definition) is 1. The lowest BCUT2D eigenvalue weighted by atomic mass is 10.1. The van der Waals surface area contributed by atoms with Crippen molar-refractivity contribution < 1.29 is 0 Å². The minimum atomic E-state index is 0.0859. The third-order valence-corrected chi connectivity index (χ3v) is 4.02. The molecule has 0 fully saturated rings. The Labute approximate surface area is 103 Å². The van der Waals surface area contributed by atoms with Crippen LogP contribution in [0.15, 0.2) is 33.5 Å². The van der Waals surface area contributed by atoms with Crippen LogP contribution in [-0.4, -0.2) is 10.2 Å². The minimum Gasteiger partial charge on any atom is -0.324 e. The van der Waals surface area contributed by atoms with E-state index in [1.54, 1.807) is 23.1 Å². The lowest BCUT2D eigenvalue weighted by Gasteiger charge is -2.05. The first-order valence-corrected chi connectivity index (χ1v) is 6.62. The van der Waals surface area contributed by atoms with Crippen molar-refractivity contribution in [3.63, 3.8) is 0 Å². The highest BCUT2D eigenvalue weighted by Gasteiger charge is 2.04. The van der Waals surface area contributed by atoms with Gasteiger partial charge in [-0.05, 0) is 31.5 Å². The van der Waals surface area contributed by atoms with Crippen LogP contribution in [0, 0.1) is 6.92 Å². The molecule has 3 nitrogen and oxygen atoms in total. The fraction of sp³-hybridized carbons (Fsp3) is 0.273. The molecule has 5 heteroatoms. The fourth-order valence-electron chi connectivity index (χ4n) is 1.26. The molecule has 0 saturated carbocycles. The summed E-state index contributed by atoms with van der Waals surface area (Å²) in [7, 11) is 0. The molecule has 0 amide bonds. The lowest BCUT2D eigenvalue weighted by Crippen LogP contribution is -2.04. The van der Waals surface area contributed by atoms with Crippen LogP contribution in [0.5, 0.6) is 0 Å². The standard InChI is InChI=1S/C11H13N3S2/c1-7(12)9-3-5-10(6-4-9)16-11-14-13-8(2)15-11/h3-7H,12H2,1-2H3/t7-/m0/s1. The van der Waals surface area contributed by atoms with Crippen LogP contribution in [0.3, 0.4) is 0 Å². The summed E-state index contributed by atoms with van der Waals surface area (Å²) in [6.07, 6.45) is 0. The highest BCUT2D eigenvalue weighted by Crippen LogP contribution is 2.30. The summed E-state index contributed by atoms with van der Waals surface area (Å²) in [4.78, 5) is 1.17. The number of rotatable bonds is 3. The van der Waals surface area contributed by atoms with E-state index in [0.717, 1.165) is 14.9 Å². The summed E-state index contributed by atoms with van der Waals surface area (Å²) >= 11 is 3.24. The van der Waals surface area contributed by atoms with E-state index >= 15 is 0 Å². The maximum atomic E-state index is 5.79. The van der Waals surface area contributed by atoms with Gasteiger partial charge in [0.1, 0.15) is 5.01 Å². The zero-order valence-electron chi connectivity index (χ0n) is 9.18. The summed E-state index contributed by atoms with van der Waals surface area (Å²) in [5.41, 5.74) is 6.94. The first-order valence-electron chi connectivity index (χ1n) is 4.98. The molecule has 0 saturated heterocycles. The smallest absolute Gasteiger partial charge is 0.179 e. The van der Waals surface area contributed by atoms with E-state index in [4.69, 9.17) is 5.73 Å².